The zero-order valence-electron chi connectivity index (χ0n) is 8.56. The van der Waals surface area contributed by atoms with E-state index in [4.69, 9.17) is 5.53 Å². The molecule has 0 aromatic heterocycles. The van der Waals surface area contributed by atoms with Crippen molar-refractivity contribution in [3.05, 3.63) is 44.7 Å². The summed E-state index contributed by atoms with van der Waals surface area (Å²) in [5.74, 6) is -0.0736. The van der Waals surface area contributed by atoms with Crippen molar-refractivity contribution >= 4 is 21.8 Å². The smallest absolute Gasteiger partial charge is 0.224 e. The normalized spacial score (nSPS) is 9.31. The fourth-order valence-electron chi connectivity index (χ4n) is 1.14. The first-order valence-electron chi connectivity index (χ1n) is 4.74. The summed E-state index contributed by atoms with van der Waals surface area (Å²) in [5, 5.41) is 5.99. The van der Waals surface area contributed by atoms with Gasteiger partial charge in [0, 0.05) is 22.5 Å². The third-order valence-corrected chi connectivity index (χ3v) is 2.40. The molecule has 0 aliphatic heterocycles. The van der Waals surface area contributed by atoms with E-state index in [2.05, 4.69) is 31.3 Å². The first-order chi connectivity index (χ1) is 7.72. The number of hydrogen-bond acceptors (Lipinski definition) is 2. The van der Waals surface area contributed by atoms with Crippen LogP contribution in [0.4, 0.5) is 0 Å². The number of carbonyl (C=O) groups excluding carboxylic acids is 1. The summed E-state index contributed by atoms with van der Waals surface area (Å²) in [6.45, 7) is 0.655. The van der Waals surface area contributed by atoms with Gasteiger partial charge in [0.05, 0.1) is 6.42 Å². The molecule has 5 nitrogen and oxygen atoms in total. The Hall–Kier alpha value is -1.52. The third kappa shape index (κ3) is 4.82. The van der Waals surface area contributed by atoms with Crippen molar-refractivity contribution in [1.29, 1.82) is 0 Å². The first-order valence-corrected chi connectivity index (χ1v) is 5.53. The van der Waals surface area contributed by atoms with Gasteiger partial charge < -0.3 is 5.32 Å². The minimum absolute atomic E-state index is 0.0736. The number of carbonyl (C=O) groups is 1. The molecule has 0 bridgehead atoms. The van der Waals surface area contributed by atoms with E-state index in [1.165, 1.54) is 0 Å². The summed E-state index contributed by atoms with van der Waals surface area (Å²) in [6.07, 6.45) is 0.337. The summed E-state index contributed by atoms with van der Waals surface area (Å²) < 4.78 is 0.986. The summed E-state index contributed by atoms with van der Waals surface area (Å²) in [5.41, 5.74) is 8.98. The van der Waals surface area contributed by atoms with Gasteiger partial charge in [0.1, 0.15) is 0 Å². The SMILES string of the molecule is [N-]=[N+]=NCCNC(=O)Cc1ccc(Br)cc1. The molecule has 6 heteroatoms. The second-order valence-electron chi connectivity index (χ2n) is 3.11. The number of azide groups is 1. The van der Waals surface area contributed by atoms with Crippen LogP contribution in [0.25, 0.3) is 10.4 Å². The number of benzene rings is 1. The van der Waals surface area contributed by atoms with Crippen LogP contribution in [0.1, 0.15) is 5.56 Å². The zero-order chi connectivity index (χ0) is 11.8. The summed E-state index contributed by atoms with van der Waals surface area (Å²) in [4.78, 5) is 14.0. The van der Waals surface area contributed by atoms with E-state index in [1.54, 1.807) is 0 Å². The van der Waals surface area contributed by atoms with Crippen LogP contribution in [0, 0.1) is 0 Å². The molecular weight excluding hydrogens is 272 g/mol. The average molecular weight is 283 g/mol. The molecule has 0 aliphatic rings. The molecule has 16 heavy (non-hydrogen) atoms. The van der Waals surface area contributed by atoms with Crippen molar-refractivity contribution in [2.45, 2.75) is 6.42 Å². The Morgan fingerprint density at radius 3 is 2.75 bits per heavy atom. The quantitative estimate of drug-likeness (QED) is 0.383. The minimum Gasteiger partial charge on any atom is -0.356 e. The zero-order valence-corrected chi connectivity index (χ0v) is 10.1. The van der Waals surface area contributed by atoms with Gasteiger partial charge in [-0.25, -0.2) is 0 Å². The van der Waals surface area contributed by atoms with Crippen LogP contribution in [-0.4, -0.2) is 19.0 Å². The number of hydrogen-bond donors (Lipinski definition) is 1. The van der Waals surface area contributed by atoms with Gasteiger partial charge in [0.2, 0.25) is 5.91 Å². The Morgan fingerprint density at radius 1 is 1.44 bits per heavy atom. The lowest BCUT2D eigenvalue weighted by Crippen LogP contribution is -2.27. The highest BCUT2D eigenvalue weighted by molar-refractivity contribution is 9.10. The fraction of sp³-hybridized carbons (Fsp3) is 0.300. The molecule has 0 aliphatic carbocycles. The number of nitrogens with zero attached hydrogens (tertiary/aromatic N) is 3. The lowest BCUT2D eigenvalue weighted by molar-refractivity contribution is -0.120. The predicted octanol–water partition coefficient (Wildman–Crippen LogP) is 2.42. The van der Waals surface area contributed by atoms with Crippen LogP contribution in [-0.2, 0) is 11.2 Å². The lowest BCUT2D eigenvalue weighted by Gasteiger charge is -2.03. The molecule has 1 rings (SSSR count). The molecule has 1 N–H and O–H groups in total. The van der Waals surface area contributed by atoms with Crippen LogP contribution in [0.5, 0.6) is 0 Å². The van der Waals surface area contributed by atoms with Crippen molar-refractivity contribution in [2.24, 2.45) is 5.11 Å². The highest BCUT2D eigenvalue weighted by atomic mass is 79.9. The summed E-state index contributed by atoms with van der Waals surface area (Å²) >= 11 is 3.32. The molecule has 0 heterocycles. The van der Waals surface area contributed by atoms with Gasteiger partial charge in [-0.05, 0) is 23.2 Å². The Kier molecular flexibility index (Phi) is 5.39. The molecule has 84 valence electrons. The second-order valence-corrected chi connectivity index (χ2v) is 4.02. The molecule has 0 unspecified atom stereocenters. The van der Waals surface area contributed by atoms with Crippen molar-refractivity contribution in [2.75, 3.05) is 13.1 Å². The number of rotatable bonds is 5. The Balaban J connectivity index is 2.34. The largest absolute Gasteiger partial charge is 0.356 e. The molecule has 1 aromatic carbocycles. The topological polar surface area (TPSA) is 77.9 Å². The van der Waals surface area contributed by atoms with E-state index in [0.717, 1.165) is 10.0 Å². The maximum Gasteiger partial charge on any atom is 0.224 e. The lowest BCUT2D eigenvalue weighted by atomic mass is 10.1. The number of nitrogens with one attached hydrogen (secondary N) is 1. The van der Waals surface area contributed by atoms with Crippen molar-refractivity contribution < 1.29 is 4.79 Å². The van der Waals surface area contributed by atoms with Crippen LogP contribution >= 0.6 is 15.9 Å². The Labute approximate surface area is 102 Å². The van der Waals surface area contributed by atoms with Gasteiger partial charge in [0.25, 0.3) is 0 Å². The van der Waals surface area contributed by atoms with Crippen LogP contribution in [0.3, 0.4) is 0 Å². The summed E-state index contributed by atoms with van der Waals surface area (Å²) in [6, 6.07) is 7.55. The molecule has 0 fully saturated rings. The minimum atomic E-state index is -0.0736. The highest BCUT2D eigenvalue weighted by Gasteiger charge is 2.01. The van der Waals surface area contributed by atoms with Crippen molar-refractivity contribution in [3.8, 4) is 0 Å². The number of halogens is 1. The van der Waals surface area contributed by atoms with E-state index < -0.39 is 0 Å². The molecule has 0 saturated heterocycles. The maximum absolute atomic E-state index is 11.4. The maximum atomic E-state index is 11.4. The van der Waals surface area contributed by atoms with Gasteiger partial charge in [-0.15, -0.1) is 0 Å². The van der Waals surface area contributed by atoms with Crippen molar-refractivity contribution in [1.82, 2.24) is 5.32 Å². The van der Waals surface area contributed by atoms with E-state index in [9.17, 15) is 4.79 Å². The average Bonchev–Trinajstić information content (AvgIpc) is 2.28. The number of amides is 1. The van der Waals surface area contributed by atoms with Gasteiger partial charge in [-0.2, -0.15) is 0 Å². The van der Waals surface area contributed by atoms with Gasteiger partial charge in [0.15, 0.2) is 0 Å². The van der Waals surface area contributed by atoms with Crippen LogP contribution in [0.15, 0.2) is 33.9 Å². The van der Waals surface area contributed by atoms with Gasteiger partial charge >= 0.3 is 0 Å². The molecule has 0 spiro atoms. The first kappa shape index (κ1) is 12.5. The van der Waals surface area contributed by atoms with Gasteiger partial charge in [-0.3, -0.25) is 4.79 Å². The molecule has 1 aromatic rings. The fourth-order valence-corrected chi connectivity index (χ4v) is 1.40. The second kappa shape index (κ2) is 6.87. The molecule has 1 amide bonds. The molecule has 0 radical (unpaired) electrons. The highest BCUT2D eigenvalue weighted by Crippen LogP contribution is 2.10. The van der Waals surface area contributed by atoms with E-state index in [1.807, 2.05) is 24.3 Å². The van der Waals surface area contributed by atoms with Crippen molar-refractivity contribution in [3.63, 3.8) is 0 Å². The standard InChI is InChI=1S/C10H11BrN4O/c11-9-3-1-8(2-4-9)7-10(16)13-5-6-14-15-12/h1-4H,5-7H2,(H,13,16). The van der Waals surface area contributed by atoms with Gasteiger partial charge in [-0.1, -0.05) is 33.2 Å². The van der Waals surface area contributed by atoms with E-state index in [0.29, 0.717) is 13.0 Å². The Bertz CT molecular complexity index is 398. The Morgan fingerprint density at radius 2 is 2.12 bits per heavy atom. The monoisotopic (exact) mass is 282 g/mol. The molecular formula is C10H11BrN4O. The van der Waals surface area contributed by atoms with E-state index >= 15 is 0 Å². The molecule has 0 saturated carbocycles. The summed E-state index contributed by atoms with van der Waals surface area (Å²) in [7, 11) is 0. The molecule has 0 atom stereocenters. The van der Waals surface area contributed by atoms with E-state index in [-0.39, 0.29) is 12.5 Å². The van der Waals surface area contributed by atoms with Crippen LogP contribution in [0.2, 0.25) is 0 Å². The third-order valence-electron chi connectivity index (χ3n) is 1.88. The van der Waals surface area contributed by atoms with Crippen LogP contribution < -0.4 is 5.32 Å². The predicted molar refractivity (Wildman–Crippen MR) is 64.9 cm³/mol.